The molecule has 0 spiro atoms. The number of rotatable bonds is 7. The average Bonchev–Trinajstić information content (AvgIpc) is 2.63. The molecular weight excluding hydrogens is 334 g/mol. The first-order valence-corrected chi connectivity index (χ1v) is 9.94. The van der Waals surface area contributed by atoms with Crippen LogP contribution < -0.4 is 16.4 Å². The van der Waals surface area contributed by atoms with Gasteiger partial charge in [-0.1, -0.05) is 44.4 Å². The third-order valence-corrected chi connectivity index (χ3v) is 5.04. The summed E-state index contributed by atoms with van der Waals surface area (Å²) in [4.78, 5) is 4.71. The molecule has 1 aromatic carbocycles. The van der Waals surface area contributed by atoms with E-state index in [9.17, 15) is 0 Å². The van der Waals surface area contributed by atoms with Crippen molar-refractivity contribution in [3.63, 3.8) is 0 Å². The van der Waals surface area contributed by atoms with Crippen LogP contribution in [0.25, 0.3) is 0 Å². The SMILES string of the molecule is CCCCC(CC)c1cc(C)nc(Oc2c(C)cc(C)cc2C)c1C.NN. The summed E-state index contributed by atoms with van der Waals surface area (Å²) in [6.07, 6.45) is 4.90. The van der Waals surface area contributed by atoms with E-state index in [0.29, 0.717) is 5.92 Å². The summed E-state index contributed by atoms with van der Waals surface area (Å²) >= 11 is 0. The van der Waals surface area contributed by atoms with Gasteiger partial charge in [-0.2, -0.15) is 0 Å². The molecule has 2 aromatic rings. The molecule has 0 radical (unpaired) electrons. The summed E-state index contributed by atoms with van der Waals surface area (Å²) in [5, 5.41) is 0. The van der Waals surface area contributed by atoms with Crippen LogP contribution in [0.2, 0.25) is 0 Å². The van der Waals surface area contributed by atoms with Crippen LogP contribution in [0.15, 0.2) is 18.2 Å². The first-order chi connectivity index (χ1) is 12.9. The van der Waals surface area contributed by atoms with Gasteiger partial charge in [0.25, 0.3) is 0 Å². The van der Waals surface area contributed by atoms with Gasteiger partial charge >= 0.3 is 0 Å². The zero-order valence-electron chi connectivity index (χ0n) is 18.1. The van der Waals surface area contributed by atoms with E-state index in [1.807, 2.05) is 0 Å². The molecule has 0 fully saturated rings. The molecular formula is C23H37N3O. The van der Waals surface area contributed by atoms with E-state index in [0.717, 1.165) is 23.7 Å². The molecule has 0 amide bonds. The van der Waals surface area contributed by atoms with E-state index in [1.54, 1.807) is 0 Å². The Labute approximate surface area is 165 Å². The zero-order valence-corrected chi connectivity index (χ0v) is 18.1. The molecule has 27 heavy (non-hydrogen) atoms. The maximum atomic E-state index is 6.34. The molecule has 0 saturated heterocycles. The fourth-order valence-corrected chi connectivity index (χ4v) is 3.71. The van der Waals surface area contributed by atoms with Crippen LogP contribution in [0.1, 0.15) is 79.0 Å². The van der Waals surface area contributed by atoms with Crippen molar-refractivity contribution < 1.29 is 4.74 Å². The molecule has 1 atom stereocenters. The van der Waals surface area contributed by atoms with Gasteiger partial charge in [-0.15, -0.1) is 0 Å². The highest BCUT2D eigenvalue weighted by atomic mass is 16.5. The number of hydrazine groups is 1. The van der Waals surface area contributed by atoms with E-state index in [2.05, 4.69) is 78.4 Å². The Kier molecular flexibility index (Phi) is 9.47. The van der Waals surface area contributed by atoms with Gasteiger partial charge in [0.05, 0.1) is 0 Å². The molecule has 4 nitrogen and oxygen atoms in total. The summed E-state index contributed by atoms with van der Waals surface area (Å²) in [6.45, 7) is 15.1. The van der Waals surface area contributed by atoms with Gasteiger partial charge in [0, 0.05) is 11.3 Å². The molecule has 0 aliphatic carbocycles. The predicted octanol–water partition coefficient (Wildman–Crippen LogP) is 5.92. The van der Waals surface area contributed by atoms with Crippen molar-refractivity contribution in [3.8, 4) is 11.6 Å². The number of unbranched alkanes of at least 4 members (excludes halogenated alkanes) is 1. The van der Waals surface area contributed by atoms with Gasteiger partial charge in [-0.3, -0.25) is 11.7 Å². The number of pyridine rings is 1. The molecule has 0 aliphatic rings. The van der Waals surface area contributed by atoms with Crippen LogP contribution in [0.4, 0.5) is 0 Å². The Morgan fingerprint density at radius 1 is 0.963 bits per heavy atom. The number of benzene rings is 1. The van der Waals surface area contributed by atoms with Gasteiger partial charge in [0.2, 0.25) is 5.88 Å². The normalized spacial score (nSPS) is 11.6. The lowest BCUT2D eigenvalue weighted by atomic mass is 9.88. The first kappa shape index (κ1) is 23.1. The zero-order chi connectivity index (χ0) is 20.6. The van der Waals surface area contributed by atoms with Gasteiger partial charge < -0.3 is 4.74 Å². The number of aryl methyl sites for hydroxylation is 4. The number of aromatic nitrogens is 1. The summed E-state index contributed by atoms with van der Waals surface area (Å²) in [5.74, 6) is 10.3. The Hall–Kier alpha value is -1.91. The number of nitrogens with two attached hydrogens (primary N) is 2. The highest BCUT2D eigenvalue weighted by molar-refractivity contribution is 5.47. The molecule has 2 rings (SSSR count). The number of ether oxygens (including phenoxy) is 1. The smallest absolute Gasteiger partial charge is 0.222 e. The number of hydrogen-bond acceptors (Lipinski definition) is 4. The van der Waals surface area contributed by atoms with E-state index >= 15 is 0 Å². The van der Waals surface area contributed by atoms with E-state index < -0.39 is 0 Å². The predicted molar refractivity (Wildman–Crippen MR) is 115 cm³/mol. The van der Waals surface area contributed by atoms with Crippen LogP contribution in [-0.2, 0) is 0 Å². The fourth-order valence-electron chi connectivity index (χ4n) is 3.71. The molecule has 1 heterocycles. The standard InChI is InChI=1S/C23H33NO.H4N2/c1-8-10-11-20(9-2)21-14-18(6)24-23(19(21)7)25-22-16(4)12-15(3)13-17(22)5;1-2/h12-14,20H,8-11H2,1-7H3;1-2H2. The van der Waals surface area contributed by atoms with Crippen molar-refractivity contribution >= 4 is 0 Å². The quantitative estimate of drug-likeness (QED) is 0.468. The summed E-state index contributed by atoms with van der Waals surface area (Å²) < 4.78 is 6.34. The van der Waals surface area contributed by atoms with Crippen molar-refractivity contribution in [1.29, 1.82) is 0 Å². The molecule has 1 unspecified atom stereocenters. The lowest BCUT2D eigenvalue weighted by Gasteiger charge is -2.21. The lowest BCUT2D eigenvalue weighted by Crippen LogP contribution is -2.05. The lowest BCUT2D eigenvalue weighted by molar-refractivity contribution is 0.447. The van der Waals surface area contributed by atoms with Crippen LogP contribution in [0.3, 0.4) is 0 Å². The maximum Gasteiger partial charge on any atom is 0.222 e. The molecule has 0 aliphatic heterocycles. The second-order valence-corrected chi connectivity index (χ2v) is 7.36. The van der Waals surface area contributed by atoms with Gasteiger partial charge in [0.1, 0.15) is 5.75 Å². The van der Waals surface area contributed by atoms with Crippen molar-refractivity contribution in [2.24, 2.45) is 11.7 Å². The largest absolute Gasteiger partial charge is 0.438 e. The monoisotopic (exact) mass is 371 g/mol. The first-order valence-electron chi connectivity index (χ1n) is 9.94. The Bertz CT molecular complexity index is 718. The summed E-state index contributed by atoms with van der Waals surface area (Å²) in [7, 11) is 0. The number of nitrogens with zero attached hydrogens (tertiary/aromatic N) is 1. The summed E-state index contributed by atoms with van der Waals surface area (Å²) in [5.41, 5.74) is 7.23. The third-order valence-electron chi connectivity index (χ3n) is 5.04. The number of hydrogen-bond donors (Lipinski definition) is 2. The van der Waals surface area contributed by atoms with E-state index in [-0.39, 0.29) is 0 Å². The average molecular weight is 372 g/mol. The minimum Gasteiger partial charge on any atom is -0.438 e. The Morgan fingerprint density at radius 3 is 2.07 bits per heavy atom. The molecule has 0 bridgehead atoms. The van der Waals surface area contributed by atoms with Crippen LogP contribution in [-0.4, -0.2) is 4.98 Å². The van der Waals surface area contributed by atoms with Gasteiger partial charge in [-0.05, 0) is 76.1 Å². The molecule has 150 valence electrons. The Balaban J connectivity index is 0.00000176. The van der Waals surface area contributed by atoms with Gasteiger partial charge in [0.15, 0.2) is 0 Å². The maximum absolute atomic E-state index is 6.34. The van der Waals surface area contributed by atoms with Crippen molar-refractivity contribution in [2.45, 2.75) is 80.1 Å². The van der Waals surface area contributed by atoms with Crippen LogP contribution in [0.5, 0.6) is 11.6 Å². The molecule has 1 aromatic heterocycles. The van der Waals surface area contributed by atoms with Crippen molar-refractivity contribution in [1.82, 2.24) is 4.98 Å². The molecule has 4 N–H and O–H groups in total. The van der Waals surface area contributed by atoms with E-state index in [4.69, 9.17) is 9.72 Å². The highest BCUT2D eigenvalue weighted by Gasteiger charge is 2.18. The summed E-state index contributed by atoms with van der Waals surface area (Å²) in [6, 6.07) is 6.59. The van der Waals surface area contributed by atoms with E-state index in [1.165, 1.54) is 47.1 Å². The van der Waals surface area contributed by atoms with Crippen molar-refractivity contribution in [2.75, 3.05) is 0 Å². The third kappa shape index (κ3) is 6.05. The fraction of sp³-hybridized carbons (Fsp3) is 0.522. The minimum absolute atomic E-state index is 0.587. The Morgan fingerprint density at radius 2 is 1.56 bits per heavy atom. The molecule has 4 heteroatoms. The second-order valence-electron chi connectivity index (χ2n) is 7.36. The minimum atomic E-state index is 0.587. The van der Waals surface area contributed by atoms with Crippen molar-refractivity contribution in [3.05, 3.63) is 51.7 Å². The highest BCUT2D eigenvalue weighted by Crippen LogP contribution is 2.36. The van der Waals surface area contributed by atoms with Crippen LogP contribution in [0, 0.1) is 34.6 Å². The second kappa shape index (κ2) is 11.1. The topological polar surface area (TPSA) is 74.2 Å². The molecule has 0 saturated carbocycles. The van der Waals surface area contributed by atoms with Crippen LogP contribution >= 0.6 is 0 Å². The van der Waals surface area contributed by atoms with Gasteiger partial charge in [-0.25, -0.2) is 4.98 Å².